The second kappa shape index (κ2) is 4.63. The standard InChI is InChI=1S/C11H17N3O/c12-8-10-2-1-6-14(10)7-5-11(15)13-9-3-4-9/h9-10H,1-7H2,(H,13,15). The lowest BCUT2D eigenvalue weighted by molar-refractivity contribution is -0.121. The van der Waals surface area contributed by atoms with E-state index >= 15 is 0 Å². The molecule has 4 nitrogen and oxygen atoms in total. The predicted octanol–water partition coefficient (Wildman–Crippen LogP) is 0.643. The van der Waals surface area contributed by atoms with E-state index in [0.717, 1.165) is 38.8 Å². The number of amides is 1. The van der Waals surface area contributed by atoms with Gasteiger partial charge in [-0.15, -0.1) is 0 Å². The van der Waals surface area contributed by atoms with Gasteiger partial charge in [0.2, 0.25) is 5.91 Å². The quantitative estimate of drug-likeness (QED) is 0.736. The minimum absolute atomic E-state index is 0.0405. The zero-order chi connectivity index (χ0) is 10.7. The molecule has 1 N–H and O–H groups in total. The van der Waals surface area contributed by atoms with Crippen LogP contribution in [0, 0.1) is 11.3 Å². The molecule has 1 heterocycles. The Morgan fingerprint density at radius 1 is 1.47 bits per heavy atom. The molecule has 2 aliphatic rings. The van der Waals surface area contributed by atoms with Crippen molar-refractivity contribution >= 4 is 5.91 Å². The molecule has 2 rings (SSSR count). The molecule has 1 atom stereocenters. The van der Waals surface area contributed by atoms with Crippen molar-refractivity contribution in [3.8, 4) is 6.07 Å². The fourth-order valence-electron chi connectivity index (χ4n) is 2.01. The van der Waals surface area contributed by atoms with Gasteiger partial charge in [-0.1, -0.05) is 0 Å². The second-order valence-corrected chi connectivity index (χ2v) is 4.41. The molecule has 15 heavy (non-hydrogen) atoms. The first-order chi connectivity index (χ1) is 7.29. The minimum Gasteiger partial charge on any atom is -0.353 e. The van der Waals surface area contributed by atoms with Crippen LogP contribution >= 0.6 is 0 Å². The third-order valence-electron chi connectivity index (χ3n) is 3.08. The molecule has 0 aromatic heterocycles. The fourth-order valence-corrected chi connectivity index (χ4v) is 2.01. The van der Waals surface area contributed by atoms with E-state index in [1.807, 2.05) is 0 Å². The van der Waals surface area contributed by atoms with Gasteiger partial charge in [-0.3, -0.25) is 9.69 Å². The molecule has 1 unspecified atom stereocenters. The maximum Gasteiger partial charge on any atom is 0.221 e. The highest BCUT2D eigenvalue weighted by atomic mass is 16.1. The van der Waals surface area contributed by atoms with Crippen molar-refractivity contribution in [1.29, 1.82) is 5.26 Å². The molecular weight excluding hydrogens is 190 g/mol. The maximum absolute atomic E-state index is 11.4. The van der Waals surface area contributed by atoms with Crippen molar-refractivity contribution < 1.29 is 4.79 Å². The Morgan fingerprint density at radius 2 is 2.27 bits per heavy atom. The van der Waals surface area contributed by atoms with E-state index in [9.17, 15) is 4.79 Å². The van der Waals surface area contributed by atoms with Gasteiger partial charge >= 0.3 is 0 Å². The van der Waals surface area contributed by atoms with Gasteiger partial charge in [0.05, 0.1) is 12.1 Å². The molecule has 1 aliphatic carbocycles. The highest BCUT2D eigenvalue weighted by molar-refractivity contribution is 5.76. The van der Waals surface area contributed by atoms with Crippen molar-refractivity contribution in [2.24, 2.45) is 0 Å². The highest BCUT2D eigenvalue weighted by Gasteiger charge is 2.26. The van der Waals surface area contributed by atoms with Crippen molar-refractivity contribution in [3.63, 3.8) is 0 Å². The van der Waals surface area contributed by atoms with Crippen LogP contribution in [-0.2, 0) is 4.79 Å². The maximum atomic E-state index is 11.4. The van der Waals surface area contributed by atoms with Crippen LogP contribution in [0.25, 0.3) is 0 Å². The molecule has 4 heteroatoms. The van der Waals surface area contributed by atoms with Crippen LogP contribution in [0.1, 0.15) is 32.1 Å². The van der Waals surface area contributed by atoms with E-state index in [-0.39, 0.29) is 11.9 Å². The van der Waals surface area contributed by atoms with Crippen molar-refractivity contribution in [3.05, 3.63) is 0 Å². The largest absolute Gasteiger partial charge is 0.353 e. The van der Waals surface area contributed by atoms with Crippen LogP contribution < -0.4 is 5.32 Å². The van der Waals surface area contributed by atoms with Crippen LogP contribution in [0.3, 0.4) is 0 Å². The molecule has 1 saturated carbocycles. The summed E-state index contributed by atoms with van der Waals surface area (Å²) < 4.78 is 0. The first-order valence-corrected chi connectivity index (χ1v) is 5.72. The Hall–Kier alpha value is -1.08. The average molecular weight is 207 g/mol. The summed E-state index contributed by atoms with van der Waals surface area (Å²) in [7, 11) is 0. The predicted molar refractivity (Wildman–Crippen MR) is 56.0 cm³/mol. The summed E-state index contributed by atoms with van der Waals surface area (Å²) in [4.78, 5) is 13.5. The summed E-state index contributed by atoms with van der Waals surface area (Å²) in [5, 5.41) is 11.8. The Labute approximate surface area is 90.2 Å². The number of nitrogens with zero attached hydrogens (tertiary/aromatic N) is 2. The Balaban J connectivity index is 1.67. The number of nitrogens with one attached hydrogen (secondary N) is 1. The molecule has 0 spiro atoms. The lowest BCUT2D eigenvalue weighted by atomic mass is 10.2. The third kappa shape index (κ3) is 2.93. The monoisotopic (exact) mass is 207 g/mol. The Kier molecular flexibility index (Phi) is 3.22. The lowest BCUT2D eigenvalue weighted by Crippen LogP contribution is -2.34. The summed E-state index contributed by atoms with van der Waals surface area (Å²) in [6.07, 6.45) is 4.85. The van der Waals surface area contributed by atoms with E-state index in [1.165, 1.54) is 0 Å². The average Bonchev–Trinajstić information content (AvgIpc) is 2.92. The van der Waals surface area contributed by atoms with E-state index in [4.69, 9.17) is 5.26 Å². The van der Waals surface area contributed by atoms with Gasteiger partial charge in [0.1, 0.15) is 0 Å². The van der Waals surface area contributed by atoms with Gasteiger partial charge in [0.25, 0.3) is 0 Å². The summed E-state index contributed by atoms with van der Waals surface area (Å²) in [5.74, 6) is 0.140. The zero-order valence-corrected chi connectivity index (χ0v) is 8.91. The number of carbonyl (C=O) groups excluding carboxylic acids is 1. The second-order valence-electron chi connectivity index (χ2n) is 4.41. The minimum atomic E-state index is 0.0405. The Bertz CT molecular complexity index is 280. The summed E-state index contributed by atoms with van der Waals surface area (Å²) in [5.41, 5.74) is 0. The van der Waals surface area contributed by atoms with Gasteiger partial charge in [0, 0.05) is 19.0 Å². The summed E-state index contributed by atoms with van der Waals surface area (Å²) >= 11 is 0. The van der Waals surface area contributed by atoms with Crippen LogP contribution in [0.5, 0.6) is 0 Å². The fraction of sp³-hybridized carbons (Fsp3) is 0.818. The first kappa shape index (κ1) is 10.4. The molecule has 0 aromatic carbocycles. The third-order valence-corrected chi connectivity index (χ3v) is 3.08. The van der Waals surface area contributed by atoms with Crippen molar-refractivity contribution in [1.82, 2.24) is 10.2 Å². The molecule has 0 radical (unpaired) electrons. The van der Waals surface area contributed by atoms with Crippen molar-refractivity contribution in [2.75, 3.05) is 13.1 Å². The van der Waals surface area contributed by atoms with E-state index in [2.05, 4.69) is 16.3 Å². The zero-order valence-electron chi connectivity index (χ0n) is 8.91. The number of hydrogen-bond acceptors (Lipinski definition) is 3. The number of nitriles is 1. The van der Waals surface area contributed by atoms with Crippen LogP contribution in [0.2, 0.25) is 0 Å². The summed E-state index contributed by atoms with van der Waals surface area (Å²) in [6.45, 7) is 1.70. The van der Waals surface area contributed by atoms with Gasteiger partial charge in [-0.05, 0) is 32.2 Å². The summed E-state index contributed by atoms with van der Waals surface area (Å²) in [6, 6.07) is 2.77. The molecule has 1 aliphatic heterocycles. The molecular formula is C11H17N3O. The van der Waals surface area contributed by atoms with Gasteiger partial charge in [-0.25, -0.2) is 0 Å². The van der Waals surface area contributed by atoms with Crippen molar-refractivity contribution in [2.45, 2.75) is 44.2 Å². The van der Waals surface area contributed by atoms with Gasteiger partial charge in [0.15, 0.2) is 0 Å². The lowest BCUT2D eigenvalue weighted by Gasteiger charge is -2.18. The molecule has 1 amide bonds. The van der Waals surface area contributed by atoms with E-state index in [1.54, 1.807) is 0 Å². The van der Waals surface area contributed by atoms with Gasteiger partial charge in [-0.2, -0.15) is 5.26 Å². The first-order valence-electron chi connectivity index (χ1n) is 5.72. The van der Waals surface area contributed by atoms with E-state index in [0.29, 0.717) is 12.5 Å². The molecule has 82 valence electrons. The topological polar surface area (TPSA) is 56.1 Å². The van der Waals surface area contributed by atoms with E-state index < -0.39 is 0 Å². The molecule has 2 fully saturated rings. The number of likely N-dealkylation sites (tertiary alicyclic amines) is 1. The SMILES string of the molecule is N#CC1CCCN1CCC(=O)NC1CC1. The number of rotatable bonds is 4. The number of carbonyl (C=O) groups is 1. The normalized spacial score (nSPS) is 26.2. The Morgan fingerprint density at radius 3 is 2.93 bits per heavy atom. The smallest absolute Gasteiger partial charge is 0.221 e. The number of hydrogen-bond donors (Lipinski definition) is 1. The van der Waals surface area contributed by atoms with Crippen LogP contribution in [0.4, 0.5) is 0 Å². The van der Waals surface area contributed by atoms with Crippen LogP contribution in [0.15, 0.2) is 0 Å². The molecule has 0 aromatic rings. The van der Waals surface area contributed by atoms with Gasteiger partial charge < -0.3 is 5.32 Å². The molecule has 1 saturated heterocycles. The van der Waals surface area contributed by atoms with Crippen LogP contribution in [-0.4, -0.2) is 36.0 Å². The highest BCUT2D eigenvalue weighted by Crippen LogP contribution is 2.19. The molecule has 0 bridgehead atoms.